The number of carbonyl (C=O) groups is 1. The van der Waals surface area contributed by atoms with Crippen LogP contribution < -0.4 is 0 Å². The lowest BCUT2D eigenvalue weighted by Gasteiger charge is -2.32. The molecule has 0 aromatic heterocycles. The molecule has 0 aromatic carbocycles. The highest BCUT2D eigenvalue weighted by atomic mass is 16.6. The second-order valence-corrected chi connectivity index (χ2v) is 3.97. The highest BCUT2D eigenvalue weighted by Gasteiger charge is 2.37. The average molecular weight is 184 g/mol. The van der Waals surface area contributed by atoms with Crippen LogP contribution in [0.3, 0.4) is 0 Å². The largest absolute Gasteiger partial charge is 0.461 e. The Balaban J connectivity index is 1.92. The topological polar surface area (TPSA) is 26.3 Å². The van der Waals surface area contributed by atoms with Crippen molar-refractivity contribution in [1.29, 1.82) is 0 Å². The third-order valence-electron chi connectivity index (χ3n) is 2.79. The van der Waals surface area contributed by atoms with E-state index in [1.165, 1.54) is 32.1 Å². The van der Waals surface area contributed by atoms with Gasteiger partial charge < -0.3 is 4.74 Å². The number of cyclic esters (lactones) is 1. The summed E-state index contributed by atoms with van der Waals surface area (Å²) in [5.41, 5.74) is 0. The van der Waals surface area contributed by atoms with Crippen LogP contribution in [0.5, 0.6) is 0 Å². The van der Waals surface area contributed by atoms with E-state index in [2.05, 4.69) is 6.92 Å². The van der Waals surface area contributed by atoms with Crippen molar-refractivity contribution in [2.24, 2.45) is 5.92 Å². The van der Waals surface area contributed by atoms with E-state index in [9.17, 15) is 4.79 Å². The Morgan fingerprint density at radius 1 is 1.23 bits per heavy atom. The summed E-state index contributed by atoms with van der Waals surface area (Å²) in [6, 6.07) is 0. The Labute approximate surface area is 80.7 Å². The summed E-state index contributed by atoms with van der Waals surface area (Å²) in [6.07, 6.45) is 7.74. The fourth-order valence-electron chi connectivity index (χ4n) is 1.70. The van der Waals surface area contributed by atoms with Gasteiger partial charge in [0.05, 0.1) is 5.92 Å². The smallest absolute Gasteiger partial charge is 0.312 e. The first-order valence-corrected chi connectivity index (χ1v) is 5.46. The fraction of sp³-hybridized carbons (Fsp3) is 0.909. The van der Waals surface area contributed by atoms with E-state index in [1.807, 2.05) is 6.92 Å². The van der Waals surface area contributed by atoms with Gasteiger partial charge in [0.15, 0.2) is 0 Å². The zero-order valence-electron chi connectivity index (χ0n) is 8.71. The second-order valence-electron chi connectivity index (χ2n) is 3.97. The highest BCUT2D eigenvalue weighted by Crippen LogP contribution is 2.26. The number of rotatable bonds is 6. The first-order valence-electron chi connectivity index (χ1n) is 5.46. The molecule has 0 spiro atoms. The molecule has 0 amide bonds. The molecule has 13 heavy (non-hydrogen) atoms. The Hall–Kier alpha value is -0.530. The molecular formula is C11H20O2. The van der Waals surface area contributed by atoms with Crippen molar-refractivity contribution in [3.05, 3.63) is 0 Å². The Morgan fingerprint density at radius 3 is 2.46 bits per heavy atom. The summed E-state index contributed by atoms with van der Waals surface area (Å²) in [5, 5.41) is 0. The minimum Gasteiger partial charge on any atom is -0.461 e. The van der Waals surface area contributed by atoms with Crippen LogP contribution >= 0.6 is 0 Å². The molecular weight excluding hydrogens is 164 g/mol. The van der Waals surface area contributed by atoms with Gasteiger partial charge in [-0.1, -0.05) is 32.6 Å². The molecule has 2 nitrogen and oxygen atoms in total. The minimum absolute atomic E-state index is 0.0152. The Morgan fingerprint density at radius 2 is 1.92 bits per heavy atom. The van der Waals surface area contributed by atoms with Gasteiger partial charge in [0.25, 0.3) is 0 Å². The maximum atomic E-state index is 10.8. The molecule has 1 heterocycles. The molecule has 1 aliphatic rings. The van der Waals surface area contributed by atoms with Gasteiger partial charge in [-0.2, -0.15) is 0 Å². The van der Waals surface area contributed by atoms with Gasteiger partial charge in [0, 0.05) is 0 Å². The number of hydrogen-bond acceptors (Lipinski definition) is 2. The first kappa shape index (κ1) is 10.6. The summed E-state index contributed by atoms with van der Waals surface area (Å²) < 4.78 is 5.02. The monoisotopic (exact) mass is 184 g/mol. The van der Waals surface area contributed by atoms with E-state index in [1.54, 1.807) is 0 Å². The third kappa shape index (κ3) is 3.02. The summed E-state index contributed by atoms with van der Waals surface area (Å²) in [4.78, 5) is 10.8. The van der Waals surface area contributed by atoms with Crippen molar-refractivity contribution in [3.63, 3.8) is 0 Å². The molecule has 1 aliphatic heterocycles. The average Bonchev–Trinajstić information content (AvgIpc) is 2.15. The molecule has 0 aromatic rings. The number of hydrogen-bond donors (Lipinski definition) is 0. The van der Waals surface area contributed by atoms with Crippen LogP contribution in [-0.4, -0.2) is 12.1 Å². The molecule has 0 radical (unpaired) electrons. The minimum atomic E-state index is -0.0152. The second kappa shape index (κ2) is 5.25. The zero-order valence-corrected chi connectivity index (χ0v) is 8.71. The quantitative estimate of drug-likeness (QED) is 0.468. The maximum Gasteiger partial charge on any atom is 0.312 e. The van der Waals surface area contributed by atoms with Crippen LogP contribution in [0.1, 0.15) is 52.4 Å². The lowest BCUT2D eigenvalue weighted by molar-refractivity contribution is -0.183. The molecule has 1 saturated heterocycles. The van der Waals surface area contributed by atoms with E-state index in [0.717, 1.165) is 6.42 Å². The molecule has 0 bridgehead atoms. The van der Waals surface area contributed by atoms with Gasteiger partial charge >= 0.3 is 5.97 Å². The molecule has 0 N–H and O–H groups in total. The van der Waals surface area contributed by atoms with E-state index in [4.69, 9.17) is 4.74 Å². The Bertz CT molecular complexity index is 165. The molecule has 2 heteroatoms. The predicted molar refractivity (Wildman–Crippen MR) is 52.4 cm³/mol. The molecule has 2 atom stereocenters. The molecule has 0 saturated carbocycles. The number of esters is 1. The number of ether oxygens (including phenoxy) is 1. The van der Waals surface area contributed by atoms with Gasteiger partial charge in [-0.05, 0) is 19.8 Å². The van der Waals surface area contributed by atoms with E-state index >= 15 is 0 Å². The maximum absolute atomic E-state index is 10.8. The molecule has 0 unspecified atom stereocenters. The van der Waals surface area contributed by atoms with Crippen LogP contribution in [0, 0.1) is 5.92 Å². The first-order chi connectivity index (χ1) is 6.25. The van der Waals surface area contributed by atoms with E-state index < -0.39 is 0 Å². The molecule has 1 rings (SSSR count). The van der Waals surface area contributed by atoms with Gasteiger partial charge in [0.1, 0.15) is 6.10 Å². The van der Waals surface area contributed by atoms with Gasteiger partial charge in [0.2, 0.25) is 0 Å². The van der Waals surface area contributed by atoms with E-state index in [0.29, 0.717) is 0 Å². The van der Waals surface area contributed by atoms with Crippen LogP contribution in [0.4, 0.5) is 0 Å². The van der Waals surface area contributed by atoms with Crippen LogP contribution in [0.15, 0.2) is 0 Å². The van der Waals surface area contributed by atoms with Gasteiger partial charge in [-0.15, -0.1) is 0 Å². The van der Waals surface area contributed by atoms with Crippen molar-refractivity contribution in [1.82, 2.24) is 0 Å². The summed E-state index contributed by atoms with van der Waals surface area (Å²) in [6.45, 7) is 4.18. The Kier molecular flexibility index (Phi) is 4.26. The molecule has 0 aliphatic carbocycles. The van der Waals surface area contributed by atoms with Crippen LogP contribution in [-0.2, 0) is 9.53 Å². The van der Waals surface area contributed by atoms with Gasteiger partial charge in [-0.25, -0.2) is 0 Å². The molecule has 1 fully saturated rings. The summed E-state index contributed by atoms with van der Waals surface area (Å²) >= 11 is 0. The normalized spacial score (nSPS) is 26.8. The lowest BCUT2D eigenvalue weighted by Crippen LogP contribution is -2.42. The standard InChI is InChI=1S/C11H20O2/c1-3-4-5-6-7-8-10-9(2)11(12)13-10/h9-10H,3-8H2,1-2H3/t9-,10+/m1/s1. The van der Waals surface area contributed by atoms with Crippen molar-refractivity contribution < 1.29 is 9.53 Å². The van der Waals surface area contributed by atoms with Crippen LogP contribution in [0.2, 0.25) is 0 Å². The number of unbranched alkanes of at least 4 members (excludes halogenated alkanes) is 4. The molecule has 76 valence electrons. The number of carbonyl (C=O) groups excluding carboxylic acids is 1. The fourth-order valence-corrected chi connectivity index (χ4v) is 1.70. The van der Waals surface area contributed by atoms with Crippen molar-refractivity contribution in [3.8, 4) is 0 Å². The summed E-state index contributed by atoms with van der Waals surface area (Å²) in [5.74, 6) is 0.143. The van der Waals surface area contributed by atoms with Crippen molar-refractivity contribution >= 4 is 5.97 Å². The van der Waals surface area contributed by atoms with Crippen molar-refractivity contribution in [2.75, 3.05) is 0 Å². The predicted octanol–water partition coefficient (Wildman–Crippen LogP) is 2.91. The SMILES string of the molecule is CCCCCCC[C@@H]1OC(=O)[C@@H]1C. The highest BCUT2D eigenvalue weighted by molar-refractivity contribution is 5.77. The van der Waals surface area contributed by atoms with E-state index in [-0.39, 0.29) is 18.0 Å². The zero-order chi connectivity index (χ0) is 9.68. The van der Waals surface area contributed by atoms with Crippen molar-refractivity contribution in [2.45, 2.75) is 58.5 Å². The van der Waals surface area contributed by atoms with Crippen LogP contribution in [0.25, 0.3) is 0 Å². The lowest BCUT2D eigenvalue weighted by atomic mass is 9.94. The van der Waals surface area contributed by atoms with Gasteiger partial charge in [-0.3, -0.25) is 4.79 Å². The summed E-state index contributed by atoms with van der Waals surface area (Å²) in [7, 11) is 0. The third-order valence-corrected chi connectivity index (χ3v) is 2.79.